The van der Waals surface area contributed by atoms with Crippen molar-refractivity contribution in [3.8, 4) is 5.75 Å². The molecule has 180 valence electrons. The quantitative estimate of drug-likeness (QED) is 0.441. The second-order valence-electron chi connectivity index (χ2n) is 9.42. The molecule has 0 aliphatic heterocycles. The van der Waals surface area contributed by atoms with Crippen molar-refractivity contribution in [2.24, 2.45) is 0 Å². The van der Waals surface area contributed by atoms with E-state index in [9.17, 15) is 23.1 Å². The summed E-state index contributed by atoms with van der Waals surface area (Å²) in [5.74, 6) is 0.0102. The number of rotatable bonds is 5. The first-order valence-corrected chi connectivity index (χ1v) is 11.4. The van der Waals surface area contributed by atoms with E-state index in [1.165, 1.54) is 0 Å². The Labute approximate surface area is 196 Å². The highest BCUT2D eigenvalue weighted by Crippen LogP contribution is 2.34. The number of hydrogen-bond donors (Lipinski definition) is 3. The molecule has 3 aromatic rings. The largest absolute Gasteiger partial charge is 0.508 e. The predicted molar refractivity (Wildman–Crippen MR) is 126 cm³/mol. The number of fused-ring (bicyclic) bond motifs is 1. The molecule has 34 heavy (non-hydrogen) atoms. The number of nitrogens with zero attached hydrogens (tertiary/aromatic N) is 1. The molecule has 1 amide bonds. The standard InChI is InChI=1S/C26H28F3N3O2/c1-25(2,16-10-12-19(33)13-11-16)24(34)31-18-7-5-6-17(14-18)30-22-15-23(26(27,28)29)32-21-9-4-3-8-20(21)22/h3-4,8-13,15,17-18,33H,5-7,14H2,1-2H3,(H,30,32)(H,31,34)/t17?,18-/m1/s1. The zero-order valence-electron chi connectivity index (χ0n) is 19.1. The number of anilines is 1. The fourth-order valence-corrected chi connectivity index (χ4v) is 4.49. The Bertz CT molecular complexity index is 1180. The van der Waals surface area contributed by atoms with Crippen LogP contribution >= 0.6 is 0 Å². The normalized spacial score (nSPS) is 19.1. The molecule has 2 aromatic carbocycles. The van der Waals surface area contributed by atoms with E-state index >= 15 is 0 Å². The van der Waals surface area contributed by atoms with Crippen molar-refractivity contribution in [3.05, 3.63) is 65.9 Å². The monoisotopic (exact) mass is 471 g/mol. The van der Waals surface area contributed by atoms with Crippen LogP contribution in [0.1, 0.15) is 50.8 Å². The zero-order chi connectivity index (χ0) is 24.5. The summed E-state index contributed by atoms with van der Waals surface area (Å²) >= 11 is 0. The Morgan fingerprint density at radius 2 is 1.71 bits per heavy atom. The highest BCUT2D eigenvalue weighted by atomic mass is 19.4. The first-order chi connectivity index (χ1) is 16.0. The molecule has 2 atom stereocenters. The predicted octanol–water partition coefficient (Wildman–Crippen LogP) is 5.78. The third kappa shape index (κ3) is 5.11. The Morgan fingerprint density at radius 1 is 1.03 bits per heavy atom. The van der Waals surface area contributed by atoms with E-state index in [0.717, 1.165) is 30.9 Å². The van der Waals surface area contributed by atoms with Gasteiger partial charge in [0.05, 0.1) is 10.9 Å². The molecule has 1 saturated carbocycles. The van der Waals surface area contributed by atoms with Gasteiger partial charge in [-0.15, -0.1) is 0 Å². The van der Waals surface area contributed by atoms with Crippen molar-refractivity contribution in [2.45, 2.75) is 63.2 Å². The Hall–Kier alpha value is -3.29. The molecule has 0 spiro atoms. The SMILES string of the molecule is CC(C)(C(=O)N[C@@H]1CCCC(Nc2cc(C(F)(F)F)nc3ccccc23)C1)c1ccc(O)cc1. The number of pyridine rings is 1. The average Bonchev–Trinajstić information content (AvgIpc) is 2.79. The summed E-state index contributed by atoms with van der Waals surface area (Å²) in [6.45, 7) is 3.66. The third-order valence-corrected chi connectivity index (χ3v) is 6.53. The van der Waals surface area contributed by atoms with Gasteiger partial charge in [0.1, 0.15) is 11.4 Å². The minimum atomic E-state index is -4.54. The maximum atomic E-state index is 13.4. The van der Waals surface area contributed by atoms with Crippen LogP contribution in [0.3, 0.4) is 0 Å². The number of alkyl halides is 3. The zero-order valence-corrected chi connectivity index (χ0v) is 19.1. The highest BCUT2D eigenvalue weighted by molar-refractivity contribution is 5.91. The van der Waals surface area contributed by atoms with Gasteiger partial charge >= 0.3 is 6.18 Å². The number of hydrogen-bond acceptors (Lipinski definition) is 4. The molecule has 0 bridgehead atoms. The fourth-order valence-electron chi connectivity index (χ4n) is 4.49. The van der Waals surface area contributed by atoms with Gasteiger partial charge in [0.2, 0.25) is 5.91 Å². The molecule has 1 aromatic heterocycles. The van der Waals surface area contributed by atoms with E-state index in [1.54, 1.807) is 48.5 Å². The van der Waals surface area contributed by atoms with Crippen molar-refractivity contribution in [2.75, 3.05) is 5.32 Å². The minimum Gasteiger partial charge on any atom is -0.508 e. The van der Waals surface area contributed by atoms with E-state index in [4.69, 9.17) is 0 Å². The van der Waals surface area contributed by atoms with Gasteiger partial charge in [-0.3, -0.25) is 4.79 Å². The molecular weight excluding hydrogens is 443 g/mol. The molecule has 0 radical (unpaired) electrons. The molecule has 5 nitrogen and oxygen atoms in total. The molecule has 1 unspecified atom stereocenters. The minimum absolute atomic E-state index is 0.0808. The van der Waals surface area contributed by atoms with Crippen molar-refractivity contribution in [1.29, 1.82) is 0 Å². The number of nitrogens with one attached hydrogen (secondary N) is 2. The van der Waals surface area contributed by atoms with Gasteiger partial charge in [0.15, 0.2) is 0 Å². The van der Waals surface area contributed by atoms with Gasteiger partial charge in [-0.25, -0.2) is 4.98 Å². The van der Waals surface area contributed by atoms with Crippen molar-refractivity contribution >= 4 is 22.5 Å². The molecule has 8 heteroatoms. The molecule has 0 saturated heterocycles. The van der Waals surface area contributed by atoms with Crippen LogP contribution in [0.15, 0.2) is 54.6 Å². The number of amides is 1. The summed E-state index contributed by atoms with van der Waals surface area (Å²) in [5.41, 5.74) is -0.242. The second-order valence-corrected chi connectivity index (χ2v) is 9.42. The van der Waals surface area contributed by atoms with Crippen LogP contribution in [-0.4, -0.2) is 28.1 Å². The Kier molecular flexibility index (Phi) is 6.43. The molecule has 1 aliphatic rings. The first-order valence-electron chi connectivity index (χ1n) is 11.4. The number of phenolic OH excluding ortho intramolecular Hbond substituents is 1. The lowest BCUT2D eigenvalue weighted by atomic mass is 9.82. The number of benzene rings is 2. The van der Waals surface area contributed by atoms with Crippen LogP contribution in [-0.2, 0) is 16.4 Å². The molecular formula is C26H28F3N3O2. The van der Waals surface area contributed by atoms with Gasteiger partial charge in [0.25, 0.3) is 0 Å². The van der Waals surface area contributed by atoms with E-state index in [0.29, 0.717) is 17.5 Å². The summed E-state index contributed by atoms with van der Waals surface area (Å²) < 4.78 is 40.2. The van der Waals surface area contributed by atoms with E-state index in [-0.39, 0.29) is 29.3 Å². The van der Waals surface area contributed by atoms with Crippen LogP contribution in [0, 0.1) is 0 Å². The van der Waals surface area contributed by atoms with Crippen LogP contribution in [0.5, 0.6) is 5.75 Å². The van der Waals surface area contributed by atoms with E-state index < -0.39 is 17.3 Å². The summed E-state index contributed by atoms with van der Waals surface area (Å²) in [7, 11) is 0. The molecule has 3 N–H and O–H groups in total. The summed E-state index contributed by atoms with van der Waals surface area (Å²) in [6, 6.07) is 14.2. The van der Waals surface area contributed by atoms with Gasteiger partial charge in [0, 0.05) is 23.2 Å². The molecule has 1 aliphatic carbocycles. The van der Waals surface area contributed by atoms with E-state index in [1.807, 2.05) is 13.8 Å². The van der Waals surface area contributed by atoms with E-state index in [2.05, 4.69) is 15.6 Å². The topological polar surface area (TPSA) is 74.2 Å². The van der Waals surface area contributed by atoms with Crippen LogP contribution in [0.25, 0.3) is 10.9 Å². The maximum Gasteiger partial charge on any atom is 0.433 e. The lowest BCUT2D eigenvalue weighted by Gasteiger charge is -2.34. The number of aromatic hydroxyl groups is 1. The average molecular weight is 472 g/mol. The lowest BCUT2D eigenvalue weighted by molar-refractivity contribution is -0.140. The highest BCUT2D eigenvalue weighted by Gasteiger charge is 2.35. The number of phenols is 1. The number of carbonyl (C=O) groups is 1. The Morgan fingerprint density at radius 3 is 2.41 bits per heavy atom. The van der Waals surface area contributed by atoms with Crippen molar-refractivity contribution in [1.82, 2.24) is 10.3 Å². The van der Waals surface area contributed by atoms with Gasteiger partial charge in [-0.2, -0.15) is 13.2 Å². The lowest BCUT2D eigenvalue weighted by Crippen LogP contribution is -2.48. The van der Waals surface area contributed by atoms with Crippen molar-refractivity contribution < 1.29 is 23.1 Å². The van der Waals surface area contributed by atoms with Crippen LogP contribution in [0.4, 0.5) is 18.9 Å². The Balaban J connectivity index is 1.49. The second kappa shape index (κ2) is 9.16. The molecule has 1 heterocycles. The van der Waals surface area contributed by atoms with Crippen LogP contribution < -0.4 is 10.6 Å². The summed E-state index contributed by atoms with van der Waals surface area (Å²) in [4.78, 5) is 16.9. The maximum absolute atomic E-state index is 13.4. The third-order valence-electron chi connectivity index (χ3n) is 6.53. The fraction of sp³-hybridized carbons (Fsp3) is 0.385. The molecule has 4 rings (SSSR count). The van der Waals surface area contributed by atoms with Crippen LogP contribution in [0.2, 0.25) is 0 Å². The summed E-state index contributed by atoms with van der Waals surface area (Å²) in [5, 5.41) is 16.6. The smallest absolute Gasteiger partial charge is 0.433 e. The van der Waals surface area contributed by atoms with Gasteiger partial charge < -0.3 is 15.7 Å². The molecule has 1 fully saturated rings. The van der Waals surface area contributed by atoms with Gasteiger partial charge in [-0.1, -0.05) is 30.3 Å². The number of para-hydroxylation sites is 1. The van der Waals surface area contributed by atoms with Crippen molar-refractivity contribution in [3.63, 3.8) is 0 Å². The van der Waals surface area contributed by atoms with Gasteiger partial charge in [-0.05, 0) is 69.4 Å². The number of carbonyl (C=O) groups excluding carboxylic acids is 1. The summed E-state index contributed by atoms with van der Waals surface area (Å²) in [6.07, 6.45) is -1.48. The first kappa shape index (κ1) is 23.9. The number of halogens is 3. The number of aromatic nitrogens is 1.